The molecule has 3 rings (SSSR count). The molecule has 2 aromatic heterocycles. The molecule has 24 heavy (non-hydrogen) atoms. The van der Waals surface area contributed by atoms with E-state index in [1.54, 1.807) is 35.8 Å². The van der Waals surface area contributed by atoms with Crippen LogP contribution >= 0.6 is 23.6 Å². The average molecular weight is 354 g/mol. The van der Waals surface area contributed by atoms with Gasteiger partial charge in [-0.1, -0.05) is 18.1 Å². The van der Waals surface area contributed by atoms with Crippen LogP contribution in [0.15, 0.2) is 41.8 Å². The highest BCUT2D eigenvalue weighted by Crippen LogP contribution is 2.26. The first-order valence-corrected chi connectivity index (χ1v) is 8.47. The molecule has 2 N–H and O–H groups in total. The summed E-state index contributed by atoms with van der Waals surface area (Å²) in [6.45, 7) is 1.78. The first-order valence-electron chi connectivity index (χ1n) is 7.18. The number of aromatic amines is 1. The van der Waals surface area contributed by atoms with Crippen molar-refractivity contribution in [3.8, 4) is 23.0 Å². The van der Waals surface area contributed by atoms with E-state index in [1.165, 1.54) is 11.3 Å². The molecular formula is C17H14N4OS2. The van der Waals surface area contributed by atoms with E-state index >= 15 is 0 Å². The van der Waals surface area contributed by atoms with Gasteiger partial charge in [-0.15, -0.1) is 17.8 Å². The summed E-state index contributed by atoms with van der Waals surface area (Å²) in [6, 6.07) is 10.5. The fourth-order valence-corrected chi connectivity index (χ4v) is 3.29. The van der Waals surface area contributed by atoms with Gasteiger partial charge in [0.1, 0.15) is 6.04 Å². The summed E-state index contributed by atoms with van der Waals surface area (Å²) in [5.74, 6) is 3.00. The summed E-state index contributed by atoms with van der Waals surface area (Å²) in [5.41, 5.74) is 1.36. The number of amides is 1. The minimum Gasteiger partial charge on any atom is -0.324 e. The van der Waals surface area contributed by atoms with Gasteiger partial charge in [0.2, 0.25) is 5.91 Å². The Hall–Kier alpha value is -2.69. The highest BCUT2D eigenvalue weighted by atomic mass is 32.1. The maximum atomic E-state index is 12.6. The van der Waals surface area contributed by atoms with E-state index < -0.39 is 6.04 Å². The molecule has 0 spiro atoms. The van der Waals surface area contributed by atoms with Crippen LogP contribution in [-0.4, -0.2) is 20.7 Å². The second kappa shape index (κ2) is 6.83. The Morgan fingerprint density at radius 2 is 2.29 bits per heavy atom. The summed E-state index contributed by atoms with van der Waals surface area (Å²) in [5, 5.41) is 11.8. The van der Waals surface area contributed by atoms with Crippen LogP contribution < -0.4 is 5.32 Å². The Bertz CT molecular complexity index is 963. The monoisotopic (exact) mass is 354 g/mol. The second-order valence-electron chi connectivity index (χ2n) is 5.09. The molecule has 0 saturated heterocycles. The third kappa shape index (κ3) is 3.15. The van der Waals surface area contributed by atoms with Crippen molar-refractivity contribution in [1.29, 1.82) is 0 Å². The lowest BCUT2D eigenvalue weighted by atomic mass is 10.2. The molecule has 1 aromatic carbocycles. The van der Waals surface area contributed by atoms with Crippen LogP contribution in [0.25, 0.3) is 10.7 Å². The third-order valence-electron chi connectivity index (χ3n) is 3.51. The summed E-state index contributed by atoms with van der Waals surface area (Å²) in [6.07, 6.45) is 5.39. The number of terminal acetylenes is 1. The van der Waals surface area contributed by atoms with Crippen LogP contribution in [0, 0.1) is 17.1 Å². The van der Waals surface area contributed by atoms with Gasteiger partial charge in [-0.3, -0.25) is 14.5 Å². The number of hydrogen-bond donors (Lipinski definition) is 2. The molecule has 3 aromatic rings. The summed E-state index contributed by atoms with van der Waals surface area (Å²) < 4.78 is 2.11. The molecule has 2 heterocycles. The van der Waals surface area contributed by atoms with Crippen LogP contribution in [0.1, 0.15) is 18.5 Å². The molecule has 0 aliphatic rings. The van der Waals surface area contributed by atoms with Crippen molar-refractivity contribution in [2.24, 2.45) is 0 Å². The van der Waals surface area contributed by atoms with Gasteiger partial charge in [0.25, 0.3) is 0 Å². The van der Waals surface area contributed by atoms with Crippen molar-refractivity contribution in [2.75, 3.05) is 5.32 Å². The van der Waals surface area contributed by atoms with Crippen molar-refractivity contribution < 1.29 is 4.79 Å². The number of nitrogens with zero attached hydrogens (tertiary/aromatic N) is 2. The van der Waals surface area contributed by atoms with Gasteiger partial charge in [0.15, 0.2) is 10.6 Å². The smallest absolute Gasteiger partial charge is 0.247 e. The van der Waals surface area contributed by atoms with Crippen molar-refractivity contribution in [3.05, 3.63) is 52.1 Å². The van der Waals surface area contributed by atoms with Gasteiger partial charge in [-0.2, -0.15) is 5.10 Å². The predicted octanol–water partition coefficient (Wildman–Crippen LogP) is 3.85. The number of carbonyl (C=O) groups is 1. The predicted molar refractivity (Wildman–Crippen MR) is 98.4 cm³/mol. The highest BCUT2D eigenvalue weighted by molar-refractivity contribution is 7.71. The van der Waals surface area contributed by atoms with Crippen LogP contribution in [0.3, 0.4) is 0 Å². The van der Waals surface area contributed by atoms with Crippen LogP contribution in [0.4, 0.5) is 5.69 Å². The maximum Gasteiger partial charge on any atom is 0.247 e. The first kappa shape index (κ1) is 16.2. The Kier molecular flexibility index (Phi) is 4.60. The highest BCUT2D eigenvalue weighted by Gasteiger charge is 2.21. The van der Waals surface area contributed by atoms with Crippen molar-refractivity contribution in [1.82, 2.24) is 14.8 Å². The number of nitrogens with one attached hydrogen (secondary N) is 2. The quantitative estimate of drug-likeness (QED) is 0.552. The van der Waals surface area contributed by atoms with E-state index in [0.717, 1.165) is 4.88 Å². The van der Waals surface area contributed by atoms with Crippen LogP contribution in [0.2, 0.25) is 0 Å². The first-order chi connectivity index (χ1) is 11.6. The zero-order valence-electron chi connectivity index (χ0n) is 12.8. The molecule has 0 radical (unpaired) electrons. The zero-order chi connectivity index (χ0) is 17.1. The lowest BCUT2D eigenvalue weighted by Gasteiger charge is -2.15. The van der Waals surface area contributed by atoms with E-state index in [9.17, 15) is 4.79 Å². The molecule has 7 heteroatoms. The van der Waals surface area contributed by atoms with E-state index in [-0.39, 0.29) is 5.91 Å². The van der Waals surface area contributed by atoms with Gasteiger partial charge in [0.05, 0.1) is 4.88 Å². The summed E-state index contributed by atoms with van der Waals surface area (Å²) in [4.78, 5) is 13.6. The Morgan fingerprint density at radius 3 is 3.00 bits per heavy atom. The average Bonchev–Trinajstić information content (AvgIpc) is 3.23. The number of hydrogen-bond acceptors (Lipinski definition) is 4. The molecule has 0 bridgehead atoms. The molecular weight excluding hydrogens is 340 g/mol. The van der Waals surface area contributed by atoms with Crippen molar-refractivity contribution in [2.45, 2.75) is 13.0 Å². The van der Waals surface area contributed by atoms with Crippen LogP contribution in [-0.2, 0) is 4.79 Å². The summed E-state index contributed by atoms with van der Waals surface area (Å²) in [7, 11) is 0. The molecule has 1 amide bonds. The molecule has 0 aliphatic carbocycles. The Balaban J connectivity index is 1.88. The third-order valence-corrected chi connectivity index (χ3v) is 4.66. The minimum absolute atomic E-state index is 0.195. The van der Waals surface area contributed by atoms with E-state index in [1.807, 2.05) is 17.5 Å². The lowest BCUT2D eigenvalue weighted by molar-refractivity contribution is -0.118. The standard InChI is InChI=1S/C17H14N4OS2/c1-3-12-6-4-7-13(10-12)18-16(22)11(2)21-15(19-20-17(21)23)14-8-5-9-24-14/h1,4-11H,2H3,(H,18,22)(H,20,23). The number of aromatic nitrogens is 3. The van der Waals surface area contributed by atoms with E-state index in [0.29, 0.717) is 21.8 Å². The van der Waals surface area contributed by atoms with Crippen LogP contribution in [0.5, 0.6) is 0 Å². The molecule has 1 unspecified atom stereocenters. The van der Waals surface area contributed by atoms with Crippen molar-refractivity contribution >= 4 is 35.1 Å². The number of carbonyl (C=O) groups excluding carboxylic acids is 1. The molecule has 5 nitrogen and oxygen atoms in total. The van der Waals surface area contributed by atoms with Gasteiger partial charge in [-0.25, -0.2) is 0 Å². The maximum absolute atomic E-state index is 12.6. The zero-order valence-corrected chi connectivity index (χ0v) is 14.4. The largest absolute Gasteiger partial charge is 0.324 e. The Labute approximate surface area is 148 Å². The van der Waals surface area contributed by atoms with E-state index in [4.69, 9.17) is 18.6 Å². The topological polar surface area (TPSA) is 62.7 Å². The molecule has 0 fully saturated rings. The molecule has 0 aliphatic heterocycles. The minimum atomic E-state index is -0.525. The second-order valence-corrected chi connectivity index (χ2v) is 6.42. The lowest BCUT2D eigenvalue weighted by Crippen LogP contribution is -2.24. The normalized spacial score (nSPS) is 11.7. The van der Waals surface area contributed by atoms with E-state index in [2.05, 4.69) is 21.4 Å². The summed E-state index contributed by atoms with van der Waals surface area (Å²) >= 11 is 6.83. The fourth-order valence-electron chi connectivity index (χ4n) is 2.29. The van der Waals surface area contributed by atoms with Gasteiger partial charge in [-0.05, 0) is 48.8 Å². The van der Waals surface area contributed by atoms with Gasteiger partial charge >= 0.3 is 0 Å². The molecule has 120 valence electrons. The Morgan fingerprint density at radius 1 is 1.46 bits per heavy atom. The number of anilines is 1. The number of H-pyrrole nitrogens is 1. The molecule has 0 saturated carbocycles. The van der Waals surface area contributed by atoms with Gasteiger partial charge in [0, 0.05) is 11.3 Å². The number of benzene rings is 1. The SMILES string of the molecule is C#Cc1cccc(NC(=O)C(C)n2c(-c3cccs3)n[nH]c2=S)c1. The van der Waals surface area contributed by atoms with Crippen molar-refractivity contribution in [3.63, 3.8) is 0 Å². The fraction of sp³-hybridized carbons (Fsp3) is 0.118. The molecule has 1 atom stereocenters. The van der Waals surface area contributed by atoms with Gasteiger partial charge < -0.3 is 5.32 Å². The number of rotatable bonds is 4. The number of thiophene rings is 1.